The van der Waals surface area contributed by atoms with Crippen LogP contribution >= 0.6 is 0 Å². The quantitative estimate of drug-likeness (QED) is 0.267. The molecule has 11 heteroatoms. The largest absolute Gasteiger partial charge is 0.382 e. The van der Waals surface area contributed by atoms with E-state index in [0.29, 0.717) is 49.3 Å². The van der Waals surface area contributed by atoms with Gasteiger partial charge in [-0.05, 0) is 37.6 Å². The predicted octanol–water partition coefficient (Wildman–Crippen LogP) is 0.881. The summed E-state index contributed by atoms with van der Waals surface area (Å²) < 4.78 is 5.31. The zero-order valence-corrected chi connectivity index (χ0v) is 19.2. The molecular weight excluding hydrogens is 434 g/mol. The van der Waals surface area contributed by atoms with E-state index in [0.717, 1.165) is 26.1 Å². The van der Waals surface area contributed by atoms with Gasteiger partial charge in [-0.2, -0.15) is 4.98 Å². The lowest BCUT2D eigenvalue weighted by Crippen LogP contribution is -2.40. The second-order valence-electron chi connectivity index (χ2n) is 8.15. The fourth-order valence-electron chi connectivity index (χ4n) is 3.91. The molecule has 1 aromatic heterocycles. The standard InChI is InChI=1S/C23H29N9O2/c1-2-3-9-31-10-8-18(15-31)27-23-28-21(19(20(24)25)29-30-23)26-17-6-4-16(5-7-17)22(33)32-11-13-34-14-12-32/h4-7,18H,8-15H2,1H3,(H3,24,25)(H2,26,27,28,30)/t18-/m1/s1. The molecule has 2 fully saturated rings. The first-order valence-electron chi connectivity index (χ1n) is 11.2. The highest BCUT2D eigenvalue weighted by Gasteiger charge is 2.23. The van der Waals surface area contributed by atoms with Crippen LogP contribution in [0, 0.1) is 17.3 Å². The number of morpholine rings is 1. The molecule has 0 bridgehead atoms. The van der Waals surface area contributed by atoms with Gasteiger partial charge in [0.2, 0.25) is 5.95 Å². The summed E-state index contributed by atoms with van der Waals surface area (Å²) in [5, 5.41) is 22.5. The van der Waals surface area contributed by atoms with Crippen LogP contribution in [0.25, 0.3) is 0 Å². The highest BCUT2D eigenvalue weighted by Crippen LogP contribution is 2.21. The van der Waals surface area contributed by atoms with E-state index in [1.54, 1.807) is 29.2 Å². The SMILES string of the molecule is CC#CCN1CC[C@@H](Nc2nnc(C(=N)N)c(Nc3ccc(C(=O)N4CCOCC4)cc3)n2)C1. The van der Waals surface area contributed by atoms with Crippen LogP contribution in [0.1, 0.15) is 29.4 Å². The number of rotatable bonds is 7. The molecule has 0 radical (unpaired) electrons. The van der Waals surface area contributed by atoms with Gasteiger partial charge in [-0.25, -0.2) is 0 Å². The number of benzene rings is 1. The molecular formula is C23H29N9O2. The van der Waals surface area contributed by atoms with Crippen molar-refractivity contribution >= 4 is 29.2 Å². The van der Waals surface area contributed by atoms with Crippen molar-refractivity contribution in [1.29, 1.82) is 5.41 Å². The summed E-state index contributed by atoms with van der Waals surface area (Å²) in [4.78, 5) is 21.2. The van der Waals surface area contributed by atoms with Crippen molar-refractivity contribution in [3.05, 3.63) is 35.5 Å². The number of likely N-dealkylation sites (tertiary alicyclic amines) is 1. The summed E-state index contributed by atoms with van der Waals surface area (Å²) in [5.41, 5.74) is 7.14. The van der Waals surface area contributed by atoms with Crippen LogP contribution < -0.4 is 16.4 Å². The number of nitrogens with one attached hydrogen (secondary N) is 3. The summed E-state index contributed by atoms with van der Waals surface area (Å²) >= 11 is 0. The lowest BCUT2D eigenvalue weighted by Gasteiger charge is -2.26. The monoisotopic (exact) mass is 463 g/mol. The van der Waals surface area contributed by atoms with Crippen LogP contribution in [0.2, 0.25) is 0 Å². The number of nitrogens with two attached hydrogens (primary N) is 1. The van der Waals surface area contributed by atoms with Gasteiger partial charge in [0.15, 0.2) is 11.5 Å². The highest BCUT2D eigenvalue weighted by atomic mass is 16.5. The number of nitrogen functional groups attached to an aromatic ring is 1. The second-order valence-corrected chi connectivity index (χ2v) is 8.15. The molecule has 0 unspecified atom stereocenters. The summed E-state index contributed by atoms with van der Waals surface area (Å²) in [6.45, 7) is 6.67. The smallest absolute Gasteiger partial charge is 0.254 e. The lowest BCUT2D eigenvalue weighted by atomic mass is 10.1. The highest BCUT2D eigenvalue weighted by molar-refractivity contribution is 5.98. The molecule has 0 saturated carbocycles. The van der Waals surface area contributed by atoms with Gasteiger partial charge >= 0.3 is 0 Å². The summed E-state index contributed by atoms with van der Waals surface area (Å²) in [6, 6.07) is 7.27. The number of anilines is 3. The molecule has 5 N–H and O–H groups in total. The Kier molecular flexibility index (Phi) is 7.51. The number of ether oxygens (including phenoxy) is 1. The lowest BCUT2D eigenvalue weighted by molar-refractivity contribution is 0.0303. The Labute approximate surface area is 198 Å². The van der Waals surface area contributed by atoms with E-state index in [1.807, 2.05) is 6.92 Å². The van der Waals surface area contributed by atoms with Crippen molar-refractivity contribution < 1.29 is 9.53 Å². The average molecular weight is 464 g/mol. The van der Waals surface area contributed by atoms with Gasteiger partial charge in [-0.3, -0.25) is 15.1 Å². The van der Waals surface area contributed by atoms with Crippen molar-refractivity contribution in [2.75, 3.05) is 56.6 Å². The third-order valence-electron chi connectivity index (χ3n) is 5.72. The van der Waals surface area contributed by atoms with Crippen molar-refractivity contribution in [3.63, 3.8) is 0 Å². The fraction of sp³-hybridized carbons (Fsp3) is 0.435. The van der Waals surface area contributed by atoms with Crippen molar-refractivity contribution in [2.45, 2.75) is 19.4 Å². The fourth-order valence-corrected chi connectivity index (χ4v) is 3.91. The van der Waals surface area contributed by atoms with E-state index in [-0.39, 0.29) is 23.5 Å². The van der Waals surface area contributed by atoms with Crippen LogP contribution in [-0.4, -0.2) is 88.7 Å². The van der Waals surface area contributed by atoms with Gasteiger partial charge in [-0.1, -0.05) is 5.92 Å². The Bertz CT molecular complexity index is 1090. The topological polar surface area (TPSA) is 145 Å². The maximum Gasteiger partial charge on any atom is 0.254 e. The number of amidine groups is 1. The van der Waals surface area contributed by atoms with E-state index in [2.05, 4.69) is 42.6 Å². The Morgan fingerprint density at radius 1 is 1.24 bits per heavy atom. The van der Waals surface area contributed by atoms with E-state index in [9.17, 15) is 4.79 Å². The maximum absolute atomic E-state index is 12.7. The molecule has 178 valence electrons. The first kappa shape index (κ1) is 23.4. The van der Waals surface area contributed by atoms with Gasteiger partial charge in [0.05, 0.1) is 19.8 Å². The summed E-state index contributed by atoms with van der Waals surface area (Å²) in [7, 11) is 0. The minimum absolute atomic E-state index is 0.0232. The molecule has 34 heavy (non-hydrogen) atoms. The predicted molar refractivity (Wildman–Crippen MR) is 129 cm³/mol. The van der Waals surface area contributed by atoms with Gasteiger partial charge in [0.25, 0.3) is 5.91 Å². The molecule has 2 saturated heterocycles. The van der Waals surface area contributed by atoms with Crippen LogP contribution in [0.5, 0.6) is 0 Å². The molecule has 2 aliphatic heterocycles. The number of amides is 1. The van der Waals surface area contributed by atoms with Gasteiger partial charge < -0.3 is 26.0 Å². The van der Waals surface area contributed by atoms with Crippen LogP contribution in [0.3, 0.4) is 0 Å². The number of aromatic nitrogens is 3. The van der Waals surface area contributed by atoms with Crippen LogP contribution in [-0.2, 0) is 4.74 Å². The minimum atomic E-state index is -0.238. The molecule has 2 aromatic rings. The summed E-state index contributed by atoms with van der Waals surface area (Å²) in [5.74, 6) is 6.43. The van der Waals surface area contributed by atoms with Crippen molar-refractivity contribution in [3.8, 4) is 11.8 Å². The normalized spacial score (nSPS) is 18.1. The third kappa shape index (κ3) is 5.78. The molecule has 11 nitrogen and oxygen atoms in total. The third-order valence-corrected chi connectivity index (χ3v) is 5.72. The van der Waals surface area contributed by atoms with Crippen molar-refractivity contribution in [2.24, 2.45) is 5.73 Å². The molecule has 1 aromatic carbocycles. The first-order chi connectivity index (χ1) is 16.5. The second kappa shape index (κ2) is 10.9. The van der Waals surface area contributed by atoms with E-state index in [4.69, 9.17) is 15.9 Å². The van der Waals surface area contributed by atoms with E-state index >= 15 is 0 Å². The number of hydrogen-bond acceptors (Lipinski definition) is 9. The molecule has 1 atom stereocenters. The Balaban J connectivity index is 1.44. The Morgan fingerprint density at radius 3 is 2.71 bits per heavy atom. The Morgan fingerprint density at radius 2 is 2.00 bits per heavy atom. The molecule has 0 spiro atoms. The molecule has 4 rings (SSSR count). The maximum atomic E-state index is 12.7. The zero-order chi connectivity index (χ0) is 23.9. The molecule has 0 aliphatic carbocycles. The summed E-state index contributed by atoms with van der Waals surface area (Å²) in [6.07, 6.45) is 0.949. The van der Waals surface area contributed by atoms with Gasteiger partial charge in [0, 0.05) is 43.5 Å². The number of carbonyl (C=O) groups is 1. The molecule has 3 heterocycles. The van der Waals surface area contributed by atoms with Gasteiger partial charge in [-0.15, -0.1) is 16.1 Å². The van der Waals surface area contributed by atoms with E-state index < -0.39 is 0 Å². The van der Waals surface area contributed by atoms with Crippen LogP contribution in [0.15, 0.2) is 24.3 Å². The van der Waals surface area contributed by atoms with E-state index in [1.165, 1.54) is 0 Å². The van der Waals surface area contributed by atoms with Gasteiger partial charge in [0.1, 0.15) is 5.84 Å². The molecule has 1 amide bonds. The Hall–Kier alpha value is -3.75. The van der Waals surface area contributed by atoms with Crippen molar-refractivity contribution in [1.82, 2.24) is 25.0 Å². The number of nitrogens with zero attached hydrogens (tertiary/aromatic N) is 5. The molecule has 2 aliphatic rings. The first-order valence-corrected chi connectivity index (χ1v) is 11.2. The number of carbonyl (C=O) groups excluding carboxylic acids is 1. The minimum Gasteiger partial charge on any atom is -0.382 e. The number of hydrogen-bond donors (Lipinski definition) is 4. The van der Waals surface area contributed by atoms with Crippen LogP contribution in [0.4, 0.5) is 17.5 Å². The zero-order valence-electron chi connectivity index (χ0n) is 19.2. The average Bonchev–Trinajstić information content (AvgIpc) is 3.30.